The molecule has 24 heavy (non-hydrogen) atoms. The standard InChI is InChI=1S/C17H16N4O3/c1-10-4-2-3-5-11(10)14(8-15(22)23)21-17(24)13-7-6-12-16(20-13)19-9-18-12/h2-7,9,14H,8H2,1H3,(H,21,24)(H,22,23)(H,18,19,20). The normalized spacial score (nSPS) is 12.0. The van der Waals surface area contributed by atoms with Gasteiger partial charge in [0.05, 0.1) is 24.3 Å². The Morgan fingerprint density at radius 1 is 1.25 bits per heavy atom. The molecule has 0 saturated carbocycles. The van der Waals surface area contributed by atoms with Crippen LogP contribution in [0.25, 0.3) is 11.2 Å². The van der Waals surface area contributed by atoms with Gasteiger partial charge in [-0.15, -0.1) is 0 Å². The number of amides is 1. The Balaban J connectivity index is 1.87. The topological polar surface area (TPSA) is 108 Å². The molecule has 122 valence electrons. The predicted octanol–water partition coefficient (Wildman–Crippen LogP) is 2.21. The second-order valence-electron chi connectivity index (χ2n) is 5.45. The number of carbonyl (C=O) groups is 2. The molecule has 1 amide bonds. The summed E-state index contributed by atoms with van der Waals surface area (Å²) < 4.78 is 0. The minimum Gasteiger partial charge on any atom is -0.481 e. The number of carboxylic acids is 1. The minimum absolute atomic E-state index is 0.193. The zero-order valence-corrected chi connectivity index (χ0v) is 13.0. The molecule has 3 rings (SSSR count). The molecule has 1 unspecified atom stereocenters. The van der Waals surface area contributed by atoms with Crippen LogP contribution in [0.1, 0.15) is 34.1 Å². The molecule has 3 aromatic rings. The zero-order chi connectivity index (χ0) is 17.1. The highest BCUT2D eigenvalue weighted by atomic mass is 16.4. The van der Waals surface area contributed by atoms with Crippen molar-refractivity contribution in [2.45, 2.75) is 19.4 Å². The Hall–Kier alpha value is -3.22. The summed E-state index contributed by atoms with van der Waals surface area (Å²) in [4.78, 5) is 34.8. The van der Waals surface area contributed by atoms with Crippen LogP contribution in [0.5, 0.6) is 0 Å². The Bertz CT molecular complexity index is 903. The van der Waals surface area contributed by atoms with Gasteiger partial charge in [-0.2, -0.15) is 0 Å². The van der Waals surface area contributed by atoms with Gasteiger partial charge in [0.15, 0.2) is 5.65 Å². The van der Waals surface area contributed by atoms with Crippen molar-refractivity contribution < 1.29 is 14.7 Å². The van der Waals surface area contributed by atoms with Gasteiger partial charge < -0.3 is 15.4 Å². The van der Waals surface area contributed by atoms with Crippen LogP contribution in [0.3, 0.4) is 0 Å². The molecule has 7 nitrogen and oxygen atoms in total. The van der Waals surface area contributed by atoms with Gasteiger partial charge in [0.1, 0.15) is 5.69 Å². The van der Waals surface area contributed by atoms with Crippen LogP contribution >= 0.6 is 0 Å². The second-order valence-corrected chi connectivity index (χ2v) is 5.45. The van der Waals surface area contributed by atoms with Crippen LogP contribution in [0.2, 0.25) is 0 Å². The molecule has 2 heterocycles. The lowest BCUT2D eigenvalue weighted by Crippen LogP contribution is -2.31. The fraction of sp³-hybridized carbons (Fsp3) is 0.176. The van der Waals surface area contributed by atoms with E-state index < -0.39 is 17.9 Å². The van der Waals surface area contributed by atoms with Crippen molar-refractivity contribution in [2.75, 3.05) is 0 Å². The van der Waals surface area contributed by atoms with Gasteiger partial charge in [-0.1, -0.05) is 24.3 Å². The van der Waals surface area contributed by atoms with E-state index in [2.05, 4.69) is 20.3 Å². The fourth-order valence-electron chi connectivity index (χ4n) is 2.57. The largest absolute Gasteiger partial charge is 0.481 e. The summed E-state index contributed by atoms with van der Waals surface area (Å²) in [6, 6.07) is 10.0. The molecule has 1 atom stereocenters. The molecule has 1 aromatic carbocycles. The molecule has 0 aliphatic carbocycles. The van der Waals surface area contributed by atoms with Crippen LogP contribution in [0, 0.1) is 6.92 Å². The molecule has 3 N–H and O–H groups in total. The number of imidazole rings is 1. The number of carboxylic acid groups (broad SMARTS) is 1. The van der Waals surface area contributed by atoms with Crippen LogP contribution in [-0.2, 0) is 4.79 Å². The Kier molecular flexibility index (Phi) is 4.24. The molecule has 0 bridgehead atoms. The number of aromatic amines is 1. The molecule has 0 saturated heterocycles. The molecular weight excluding hydrogens is 308 g/mol. The average molecular weight is 324 g/mol. The van der Waals surface area contributed by atoms with Crippen molar-refractivity contribution in [1.29, 1.82) is 0 Å². The first-order valence-electron chi connectivity index (χ1n) is 7.43. The van der Waals surface area contributed by atoms with E-state index in [1.807, 2.05) is 31.2 Å². The first-order valence-corrected chi connectivity index (χ1v) is 7.43. The van der Waals surface area contributed by atoms with Crippen LogP contribution in [-0.4, -0.2) is 31.9 Å². The van der Waals surface area contributed by atoms with Crippen LogP contribution < -0.4 is 5.32 Å². The van der Waals surface area contributed by atoms with E-state index in [1.165, 1.54) is 6.33 Å². The Labute approximate surface area is 137 Å². The lowest BCUT2D eigenvalue weighted by molar-refractivity contribution is -0.137. The molecule has 0 spiro atoms. The first kappa shape index (κ1) is 15.7. The number of aryl methyl sites for hydroxylation is 1. The predicted molar refractivity (Wildman–Crippen MR) is 87.5 cm³/mol. The summed E-state index contributed by atoms with van der Waals surface area (Å²) in [5.41, 5.74) is 3.05. The van der Waals surface area contributed by atoms with E-state index in [9.17, 15) is 9.59 Å². The van der Waals surface area contributed by atoms with Crippen molar-refractivity contribution in [3.8, 4) is 0 Å². The third-order valence-electron chi connectivity index (χ3n) is 3.76. The van der Waals surface area contributed by atoms with Crippen molar-refractivity contribution in [3.63, 3.8) is 0 Å². The Morgan fingerprint density at radius 3 is 2.79 bits per heavy atom. The summed E-state index contributed by atoms with van der Waals surface area (Å²) in [6.07, 6.45) is 1.29. The number of aliphatic carboxylic acids is 1. The summed E-state index contributed by atoms with van der Waals surface area (Å²) in [5, 5.41) is 11.9. The van der Waals surface area contributed by atoms with Crippen LogP contribution in [0.4, 0.5) is 0 Å². The number of nitrogens with one attached hydrogen (secondary N) is 2. The van der Waals surface area contributed by atoms with E-state index >= 15 is 0 Å². The van der Waals surface area contributed by atoms with Gasteiger partial charge in [0.25, 0.3) is 5.91 Å². The van der Waals surface area contributed by atoms with Crippen molar-refractivity contribution in [2.24, 2.45) is 0 Å². The maximum atomic E-state index is 12.5. The number of fused-ring (bicyclic) bond motifs is 1. The summed E-state index contributed by atoms with van der Waals surface area (Å²) in [5.74, 6) is -1.42. The quantitative estimate of drug-likeness (QED) is 0.667. The maximum Gasteiger partial charge on any atom is 0.305 e. The van der Waals surface area contributed by atoms with Crippen molar-refractivity contribution in [1.82, 2.24) is 20.3 Å². The molecular formula is C17H16N4O3. The molecule has 0 aliphatic heterocycles. The van der Waals surface area contributed by atoms with Crippen LogP contribution in [0.15, 0.2) is 42.7 Å². The highest BCUT2D eigenvalue weighted by Crippen LogP contribution is 2.21. The fourth-order valence-corrected chi connectivity index (χ4v) is 2.57. The lowest BCUT2D eigenvalue weighted by atomic mass is 9.98. The third-order valence-corrected chi connectivity index (χ3v) is 3.76. The number of benzene rings is 1. The van der Waals surface area contributed by atoms with Gasteiger partial charge in [-0.05, 0) is 30.2 Å². The lowest BCUT2D eigenvalue weighted by Gasteiger charge is -2.19. The smallest absolute Gasteiger partial charge is 0.305 e. The number of aromatic nitrogens is 3. The minimum atomic E-state index is -0.987. The Morgan fingerprint density at radius 2 is 2.04 bits per heavy atom. The highest BCUT2D eigenvalue weighted by Gasteiger charge is 2.21. The van der Waals surface area contributed by atoms with Gasteiger partial charge in [-0.25, -0.2) is 9.97 Å². The van der Waals surface area contributed by atoms with E-state index in [-0.39, 0.29) is 12.1 Å². The molecule has 0 fully saturated rings. The number of H-pyrrole nitrogens is 1. The number of carbonyl (C=O) groups excluding carboxylic acids is 1. The average Bonchev–Trinajstić information content (AvgIpc) is 3.01. The maximum absolute atomic E-state index is 12.5. The van der Waals surface area contributed by atoms with Gasteiger partial charge in [0, 0.05) is 0 Å². The van der Waals surface area contributed by atoms with E-state index in [1.54, 1.807) is 12.1 Å². The summed E-state index contributed by atoms with van der Waals surface area (Å²) in [6.45, 7) is 1.88. The number of hydrogen-bond acceptors (Lipinski definition) is 4. The molecule has 0 radical (unpaired) electrons. The van der Waals surface area contributed by atoms with Gasteiger partial charge >= 0.3 is 5.97 Å². The van der Waals surface area contributed by atoms with Gasteiger partial charge in [0.2, 0.25) is 0 Å². The van der Waals surface area contributed by atoms with E-state index in [4.69, 9.17) is 5.11 Å². The summed E-state index contributed by atoms with van der Waals surface area (Å²) >= 11 is 0. The number of pyridine rings is 1. The first-order chi connectivity index (χ1) is 11.5. The van der Waals surface area contributed by atoms with E-state index in [0.29, 0.717) is 5.65 Å². The zero-order valence-electron chi connectivity index (χ0n) is 13.0. The number of rotatable bonds is 5. The van der Waals surface area contributed by atoms with Crippen molar-refractivity contribution in [3.05, 3.63) is 59.5 Å². The molecule has 0 aliphatic rings. The van der Waals surface area contributed by atoms with Gasteiger partial charge in [-0.3, -0.25) is 9.59 Å². The second kappa shape index (κ2) is 6.49. The molecule has 2 aromatic heterocycles. The highest BCUT2D eigenvalue weighted by molar-refractivity contribution is 5.94. The third kappa shape index (κ3) is 3.24. The summed E-state index contributed by atoms with van der Waals surface area (Å²) in [7, 11) is 0. The number of nitrogens with zero attached hydrogens (tertiary/aromatic N) is 2. The number of hydrogen-bond donors (Lipinski definition) is 3. The van der Waals surface area contributed by atoms with Crippen molar-refractivity contribution >= 4 is 23.0 Å². The van der Waals surface area contributed by atoms with E-state index in [0.717, 1.165) is 16.6 Å². The SMILES string of the molecule is Cc1ccccc1C(CC(=O)O)NC(=O)c1ccc2[nH]cnc2n1. The molecule has 7 heteroatoms. The monoisotopic (exact) mass is 324 g/mol.